The molecule has 1 aromatic heterocycles. The van der Waals surface area contributed by atoms with Crippen LogP contribution < -0.4 is 14.4 Å². The molecule has 3 aromatic rings. The number of rotatable bonds is 5. The Balaban J connectivity index is 1.16. The molecular formula is C28H28FN3O5. The van der Waals surface area contributed by atoms with Crippen LogP contribution in [-0.4, -0.2) is 53.5 Å². The van der Waals surface area contributed by atoms with Gasteiger partial charge in [0.1, 0.15) is 0 Å². The Morgan fingerprint density at radius 2 is 1.70 bits per heavy atom. The molecule has 0 spiro atoms. The lowest BCUT2D eigenvalue weighted by Crippen LogP contribution is -2.39. The minimum Gasteiger partial charge on any atom is -0.414 e. The van der Waals surface area contributed by atoms with Gasteiger partial charge in [0.05, 0.1) is 10.9 Å². The van der Waals surface area contributed by atoms with Gasteiger partial charge in [-0.1, -0.05) is 18.2 Å². The number of esters is 2. The van der Waals surface area contributed by atoms with Gasteiger partial charge < -0.3 is 23.8 Å². The van der Waals surface area contributed by atoms with Gasteiger partial charge in [0.2, 0.25) is 11.8 Å². The maximum Gasteiger partial charge on any atom is 0.424 e. The number of aryl methyl sites for hydroxylation is 2. The van der Waals surface area contributed by atoms with Gasteiger partial charge in [0.25, 0.3) is 0 Å². The number of halogens is 1. The van der Waals surface area contributed by atoms with Crippen molar-refractivity contribution >= 4 is 34.4 Å². The van der Waals surface area contributed by atoms with Crippen molar-refractivity contribution in [2.75, 3.05) is 31.1 Å². The molecule has 3 aliphatic heterocycles. The topological polar surface area (TPSA) is 81.1 Å². The molecule has 4 heterocycles. The standard InChI is InChI=1S/C28H28FN3O5/c1-30-21-9-8-19(29)25-24(21)23(26(30)37-28(35)27(34)36-25)18-11-15-31(16-12-18)13-4-14-32-20-6-3-2-5-17(20)7-10-22(32)33/h2-3,5-6,8-9,18H,4,7,10-16H2,1H3. The summed E-state index contributed by atoms with van der Waals surface area (Å²) < 4.78 is 27.0. The molecule has 8 nitrogen and oxygen atoms in total. The highest BCUT2D eigenvalue weighted by molar-refractivity contribution is 6.31. The van der Waals surface area contributed by atoms with Crippen molar-refractivity contribution in [2.45, 2.75) is 38.0 Å². The summed E-state index contributed by atoms with van der Waals surface area (Å²) in [4.78, 5) is 41.1. The predicted molar refractivity (Wildman–Crippen MR) is 134 cm³/mol. The Hall–Kier alpha value is -3.72. The number of hydrogen-bond acceptors (Lipinski definition) is 6. The molecule has 192 valence electrons. The van der Waals surface area contributed by atoms with Crippen LogP contribution in [0.5, 0.6) is 11.6 Å². The molecule has 2 bridgehead atoms. The molecule has 6 rings (SSSR count). The second kappa shape index (κ2) is 9.30. The molecule has 1 amide bonds. The van der Waals surface area contributed by atoms with E-state index in [2.05, 4.69) is 11.0 Å². The number of anilines is 1. The molecule has 0 aliphatic carbocycles. The van der Waals surface area contributed by atoms with Crippen LogP contribution in [0.4, 0.5) is 10.1 Å². The number of fused-ring (bicyclic) bond motifs is 2. The molecule has 0 unspecified atom stereocenters. The van der Waals surface area contributed by atoms with E-state index in [0.29, 0.717) is 23.9 Å². The second-order valence-electron chi connectivity index (χ2n) is 9.97. The number of likely N-dealkylation sites (tertiary alicyclic amines) is 1. The number of ether oxygens (including phenoxy) is 2. The summed E-state index contributed by atoms with van der Waals surface area (Å²) >= 11 is 0. The summed E-state index contributed by atoms with van der Waals surface area (Å²) in [5, 5.41) is 0.499. The SMILES string of the molecule is Cn1c2c(C3CCN(CCCN4C(=O)CCc5ccccc54)CC3)c3c(c(F)ccc31)OC(=O)C(=O)O2. The van der Waals surface area contributed by atoms with Gasteiger partial charge in [-0.2, -0.15) is 0 Å². The molecular weight excluding hydrogens is 477 g/mol. The van der Waals surface area contributed by atoms with Gasteiger partial charge in [-0.25, -0.2) is 14.0 Å². The Labute approximate surface area is 213 Å². The minimum atomic E-state index is -1.23. The number of amides is 1. The van der Waals surface area contributed by atoms with Crippen LogP contribution in [0.3, 0.4) is 0 Å². The van der Waals surface area contributed by atoms with Gasteiger partial charge in [-0.05, 0) is 75.0 Å². The van der Waals surface area contributed by atoms with Gasteiger partial charge in [-0.15, -0.1) is 0 Å². The maximum atomic E-state index is 14.7. The number of nitrogens with zero attached hydrogens (tertiary/aromatic N) is 3. The van der Waals surface area contributed by atoms with Crippen molar-refractivity contribution in [1.29, 1.82) is 0 Å². The first-order valence-electron chi connectivity index (χ1n) is 12.8. The molecule has 3 aliphatic rings. The van der Waals surface area contributed by atoms with Crippen molar-refractivity contribution in [3.05, 3.63) is 53.3 Å². The van der Waals surface area contributed by atoms with Crippen LogP contribution in [0.1, 0.15) is 42.7 Å². The summed E-state index contributed by atoms with van der Waals surface area (Å²) in [6.07, 6.45) is 3.80. The molecule has 1 fully saturated rings. The Morgan fingerprint density at radius 3 is 2.51 bits per heavy atom. The largest absolute Gasteiger partial charge is 0.424 e. The minimum absolute atomic E-state index is 0.0238. The number of piperidine rings is 1. The third-order valence-electron chi connectivity index (χ3n) is 7.85. The average Bonchev–Trinajstić information content (AvgIpc) is 3.18. The molecule has 37 heavy (non-hydrogen) atoms. The third kappa shape index (κ3) is 4.07. The van der Waals surface area contributed by atoms with E-state index in [9.17, 15) is 18.8 Å². The Bertz CT molecular complexity index is 1420. The fourth-order valence-electron chi connectivity index (χ4n) is 5.99. The van der Waals surface area contributed by atoms with Crippen LogP contribution in [0.2, 0.25) is 0 Å². The molecule has 2 aromatic carbocycles. The summed E-state index contributed by atoms with van der Waals surface area (Å²) in [6.45, 7) is 3.20. The normalized spacial score (nSPS) is 18.5. The Kier molecular flexibility index (Phi) is 5.95. The van der Waals surface area contributed by atoms with E-state index in [-0.39, 0.29) is 23.5 Å². The van der Waals surface area contributed by atoms with E-state index >= 15 is 0 Å². The first-order chi connectivity index (χ1) is 17.9. The lowest BCUT2D eigenvalue weighted by molar-refractivity contribution is -0.156. The third-order valence-corrected chi connectivity index (χ3v) is 7.85. The maximum absolute atomic E-state index is 14.7. The quantitative estimate of drug-likeness (QED) is 0.299. The summed E-state index contributed by atoms with van der Waals surface area (Å²) in [7, 11) is 1.74. The number of carbonyl (C=O) groups is 3. The zero-order valence-corrected chi connectivity index (χ0v) is 20.7. The number of carbonyl (C=O) groups excluding carboxylic acids is 3. The van der Waals surface area contributed by atoms with Crippen LogP contribution in [-0.2, 0) is 27.9 Å². The number of aromatic nitrogens is 1. The molecule has 0 radical (unpaired) electrons. The van der Waals surface area contributed by atoms with Crippen LogP contribution in [0.25, 0.3) is 10.9 Å². The highest BCUT2D eigenvalue weighted by atomic mass is 19.1. The van der Waals surface area contributed by atoms with E-state index in [1.165, 1.54) is 11.6 Å². The van der Waals surface area contributed by atoms with E-state index in [1.807, 2.05) is 23.1 Å². The van der Waals surface area contributed by atoms with E-state index in [1.54, 1.807) is 17.7 Å². The monoisotopic (exact) mass is 505 g/mol. The van der Waals surface area contributed by atoms with Gasteiger partial charge in [0, 0.05) is 31.3 Å². The van der Waals surface area contributed by atoms with Crippen molar-refractivity contribution < 1.29 is 28.2 Å². The van der Waals surface area contributed by atoms with Gasteiger partial charge in [-0.3, -0.25) is 4.79 Å². The lowest BCUT2D eigenvalue weighted by Gasteiger charge is -2.34. The lowest BCUT2D eigenvalue weighted by atomic mass is 9.88. The van der Waals surface area contributed by atoms with Crippen molar-refractivity contribution in [3.63, 3.8) is 0 Å². The number of hydrogen-bond donors (Lipinski definition) is 0. The molecule has 1 saturated heterocycles. The summed E-state index contributed by atoms with van der Waals surface area (Å²) in [6, 6.07) is 11.0. The number of para-hydroxylation sites is 1. The van der Waals surface area contributed by atoms with E-state index in [0.717, 1.165) is 56.6 Å². The molecule has 0 saturated carbocycles. The molecule has 0 N–H and O–H groups in total. The smallest absolute Gasteiger partial charge is 0.414 e. The zero-order valence-electron chi connectivity index (χ0n) is 20.7. The molecule has 0 atom stereocenters. The van der Waals surface area contributed by atoms with Gasteiger partial charge >= 0.3 is 11.9 Å². The average molecular weight is 506 g/mol. The molecule has 9 heteroatoms. The van der Waals surface area contributed by atoms with E-state index < -0.39 is 17.8 Å². The van der Waals surface area contributed by atoms with Crippen LogP contribution in [0, 0.1) is 5.82 Å². The Morgan fingerprint density at radius 1 is 0.946 bits per heavy atom. The van der Waals surface area contributed by atoms with Gasteiger partial charge in [0.15, 0.2) is 11.6 Å². The second-order valence-corrected chi connectivity index (χ2v) is 9.97. The fraction of sp³-hybridized carbons (Fsp3) is 0.393. The van der Waals surface area contributed by atoms with Crippen molar-refractivity contribution in [1.82, 2.24) is 9.47 Å². The van der Waals surface area contributed by atoms with Crippen LogP contribution in [0.15, 0.2) is 36.4 Å². The highest BCUT2D eigenvalue weighted by Gasteiger charge is 2.36. The van der Waals surface area contributed by atoms with Crippen molar-refractivity contribution in [3.8, 4) is 11.6 Å². The van der Waals surface area contributed by atoms with Crippen LogP contribution >= 0.6 is 0 Å². The first kappa shape index (κ1) is 23.7. The fourth-order valence-corrected chi connectivity index (χ4v) is 5.99. The predicted octanol–water partition coefficient (Wildman–Crippen LogP) is 3.69. The summed E-state index contributed by atoms with van der Waals surface area (Å²) in [5.74, 6) is -2.78. The zero-order chi connectivity index (χ0) is 25.7. The van der Waals surface area contributed by atoms with Crippen molar-refractivity contribution in [2.24, 2.45) is 7.05 Å². The summed E-state index contributed by atoms with van der Waals surface area (Å²) in [5.41, 5.74) is 3.63. The number of benzene rings is 2. The van der Waals surface area contributed by atoms with E-state index in [4.69, 9.17) is 9.47 Å². The first-order valence-corrected chi connectivity index (χ1v) is 12.8. The highest BCUT2D eigenvalue weighted by Crippen LogP contribution is 2.46.